The molecule has 1 aliphatic rings. The van der Waals surface area contributed by atoms with Crippen molar-refractivity contribution in [1.82, 2.24) is 0 Å². The van der Waals surface area contributed by atoms with Gasteiger partial charge in [-0.3, -0.25) is 0 Å². The summed E-state index contributed by atoms with van der Waals surface area (Å²) in [4.78, 5) is 0. The summed E-state index contributed by atoms with van der Waals surface area (Å²) in [5.74, 6) is 1.52. The van der Waals surface area contributed by atoms with E-state index >= 15 is 0 Å². The lowest BCUT2D eigenvalue weighted by molar-refractivity contribution is 0.665. The molecule has 1 fully saturated rings. The van der Waals surface area contributed by atoms with Crippen LogP contribution in [0.15, 0.2) is 97.1 Å². The van der Waals surface area contributed by atoms with Crippen molar-refractivity contribution in [3.8, 4) is 0 Å². The molecule has 4 aromatic rings. The van der Waals surface area contributed by atoms with Crippen molar-refractivity contribution < 1.29 is 0 Å². The summed E-state index contributed by atoms with van der Waals surface area (Å²) in [6.07, 6.45) is 6.83. The van der Waals surface area contributed by atoms with E-state index in [-0.39, 0.29) is 11.8 Å². The second kappa shape index (κ2) is 10.6. The smallest absolute Gasteiger partial charge is 0.0199 e. The standard InChI is InChI=1S/C35H38/c1-25-7-17-30(18-8-25)34(31-19-9-26(2)10-20-31)35(32-21-11-27(3)12-22-32)33-23-15-29(16-24-33)6-4-5-28-13-14-28/h7-12,15-24,28,34-35H,4-6,13-14H2,1-3H3. The highest BCUT2D eigenvalue weighted by atomic mass is 14.3. The van der Waals surface area contributed by atoms with Crippen molar-refractivity contribution in [3.05, 3.63) is 142 Å². The predicted molar refractivity (Wildman–Crippen MR) is 149 cm³/mol. The Balaban J connectivity index is 1.55. The van der Waals surface area contributed by atoms with Crippen LogP contribution in [-0.4, -0.2) is 0 Å². The first-order chi connectivity index (χ1) is 17.1. The zero-order chi connectivity index (χ0) is 24.2. The summed E-state index contributed by atoms with van der Waals surface area (Å²) in [6.45, 7) is 6.51. The summed E-state index contributed by atoms with van der Waals surface area (Å²) < 4.78 is 0. The van der Waals surface area contributed by atoms with Gasteiger partial charge in [0.1, 0.15) is 0 Å². The van der Waals surface area contributed by atoms with E-state index in [4.69, 9.17) is 0 Å². The van der Waals surface area contributed by atoms with Gasteiger partial charge in [0, 0.05) is 11.8 Å². The Hall–Kier alpha value is -3.12. The molecule has 0 nitrogen and oxygen atoms in total. The molecule has 35 heavy (non-hydrogen) atoms. The number of aryl methyl sites for hydroxylation is 4. The van der Waals surface area contributed by atoms with E-state index in [2.05, 4.69) is 118 Å². The SMILES string of the molecule is Cc1ccc(C(c2ccc(C)cc2)C(c2ccc(C)cc2)c2ccc(CCCC3CC3)cc2)cc1. The van der Waals surface area contributed by atoms with Crippen LogP contribution in [0.1, 0.15) is 82.0 Å². The first-order valence-corrected chi connectivity index (χ1v) is 13.4. The summed E-state index contributed by atoms with van der Waals surface area (Å²) in [7, 11) is 0. The maximum atomic E-state index is 2.40. The molecule has 5 rings (SSSR count). The minimum Gasteiger partial charge on any atom is -0.0590 e. The molecule has 0 amide bonds. The lowest BCUT2D eigenvalue weighted by atomic mass is 9.73. The summed E-state index contributed by atoms with van der Waals surface area (Å²) in [6, 6.07) is 37.1. The molecule has 0 radical (unpaired) electrons. The molecular formula is C35H38. The summed E-state index contributed by atoms with van der Waals surface area (Å²) >= 11 is 0. The van der Waals surface area contributed by atoms with Gasteiger partial charge in [-0.05, 0) is 67.3 Å². The van der Waals surface area contributed by atoms with Gasteiger partial charge in [-0.15, -0.1) is 0 Å². The lowest BCUT2D eigenvalue weighted by Crippen LogP contribution is -2.15. The zero-order valence-corrected chi connectivity index (χ0v) is 21.5. The molecule has 0 heterocycles. The van der Waals surface area contributed by atoms with Crippen LogP contribution >= 0.6 is 0 Å². The first-order valence-electron chi connectivity index (χ1n) is 13.4. The molecule has 0 spiro atoms. The average molecular weight is 459 g/mol. The molecule has 1 atom stereocenters. The van der Waals surface area contributed by atoms with Gasteiger partial charge >= 0.3 is 0 Å². The third-order valence-corrected chi connectivity index (χ3v) is 7.76. The third-order valence-electron chi connectivity index (χ3n) is 7.76. The van der Waals surface area contributed by atoms with E-state index in [9.17, 15) is 0 Å². The summed E-state index contributed by atoms with van der Waals surface area (Å²) in [5, 5.41) is 0. The quantitative estimate of drug-likeness (QED) is 0.234. The van der Waals surface area contributed by atoms with E-state index in [0.29, 0.717) is 0 Å². The fourth-order valence-corrected chi connectivity index (χ4v) is 5.37. The third kappa shape index (κ3) is 5.93. The van der Waals surface area contributed by atoms with Gasteiger partial charge in [0.05, 0.1) is 0 Å². The minimum atomic E-state index is 0.250. The Morgan fingerprint density at radius 2 is 0.857 bits per heavy atom. The van der Waals surface area contributed by atoms with Crippen molar-refractivity contribution in [1.29, 1.82) is 0 Å². The van der Waals surface area contributed by atoms with Crippen LogP contribution in [0.3, 0.4) is 0 Å². The molecule has 0 N–H and O–H groups in total. The van der Waals surface area contributed by atoms with Crippen LogP contribution in [0.5, 0.6) is 0 Å². The van der Waals surface area contributed by atoms with Crippen LogP contribution < -0.4 is 0 Å². The Labute approximate surface area is 212 Å². The van der Waals surface area contributed by atoms with Gasteiger partial charge in [-0.2, -0.15) is 0 Å². The van der Waals surface area contributed by atoms with Gasteiger partial charge in [0.2, 0.25) is 0 Å². The monoisotopic (exact) mass is 458 g/mol. The van der Waals surface area contributed by atoms with E-state index in [1.165, 1.54) is 76.6 Å². The van der Waals surface area contributed by atoms with Crippen LogP contribution in [0.25, 0.3) is 0 Å². The molecule has 0 bridgehead atoms. The second-order valence-electron chi connectivity index (χ2n) is 10.8. The molecular weight excluding hydrogens is 420 g/mol. The summed E-state index contributed by atoms with van der Waals surface area (Å²) in [5.41, 5.74) is 10.9. The molecule has 0 heteroatoms. The Morgan fingerprint density at radius 3 is 1.20 bits per heavy atom. The highest BCUT2D eigenvalue weighted by Gasteiger charge is 2.28. The zero-order valence-electron chi connectivity index (χ0n) is 21.5. The van der Waals surface area contributed by atoms with Crippen molar-refractivity contribution in [3.63, 3.8) is 0 Å². The maximum absolute atomic E-state index is 2.40. The van der Waals surface area contributed by atoms with E-state index in [0.717, 1.165) is 5.92 Å². The lowest BCUT2D eigenvalue weighted by Gasteiger charge is -2.30. The topological polar surface area (TPSA) is 0 Å². The van der Waals surface area contributed by atoms with Crippen LogP contribution in [0.4, 0.5) is 0 Å². The van der Waals surface area contributed by atoms with Crippen LogP contribution in [0.2, 0.25) is 0 Å². The molecule has 4 aromatic carbocycles. The molecule has 0 aromatic heterocycles. The minimum absolute atomic E-state index is 0.250. The van der Waals surface area contributed by atoms with Crippen molar-refractivity contribution in [2.24, 2.45) is 5.92 Å². The molecule has 0 saturated heterocycles. The fraction of sp³-hybridized carbons (Fsp3) is 0.314. The van der Waals surface area contributed by atoms with Gasteiger partial charge in [0.25, 0.3) is 0 Å². The number of hydrogen-bond acceptors (Lipinski definition) is 0. The molecule has 1 saturated carbocycles. The van der Waals surface area contributed by atoms with E-state index < -0.39 is 0 Å². The van der Waals surface area contributed by atoms with Crippen molar-refractivity contribution in [2.75, 3.05) is 0 Å². The number of hydrogen-bond donors (Lipinski definition) is 0. The fourth-order valence-electron chi connectivity index (χ4n) is 5.37. The predicted octanol–water partition coefficient (Wildman–Crippen LogP) is 9.31. The molecule has 0 aliphatic heterocycles. The van der Waals surface area contributed by atoms with Crippen LogP contribution in [-0.2, 0) is 6.42 Å². The number of benzene rings is 4. The number of rotatable bonds is 9. The van der Waals surface area contributed by atoms with E-state index in [1.807, 2.05) is 0 Å². The first kappa shape index (κ1) is 23.6. The second-order valence-corrected chi connectivity index (χ2v) is 10.8. The van der Waals surface area contributed by atoms with Crippen LogP contribution in [0, 0.1) is 26.7 Å². The van der Waals surface area contributed by atoms with Gasteiger partial charge < -0.3 is 0 Å². The van der Waals surface area contributed by atoms with Crippen molar-refractivity contribution >= 4 is 0 Å². The van der Waals surface area contributed by atoms with Gasteiger partial charge in [0.15, 0.2) is 0 Å². The molecule has 1 unspecified atom stereocenters. The van der Waals surface area contributed by atoms with Gasteiger partial charge in [-0.1, -0.05) is 133 Å². The highest BCUT2D eigenvalue weighted by molar-refractivity contribution is 5.46. The van der Waals surface area contributed by atoms with Crippen molar-refractivity contribution in [2.45, 2.75) is 64.7 Å². The van der Waals surface area contributed by atoms with Gasteiger partial charge in [-0.25, -0.2) is 0 Å². The average Bonchev–Trinajstić information content (AvgIpc) is 3.70. The molecule has 178 valence electrons. The normalized spacial score (nSPS) is 14.3. The maximum Gasteiger partial charge on any atom is 0.0199 e. The van der Waals surface area contributed by atoms with E-state index in [1.54, 1.807) is 0 Å². The molecule has 1 aliphatic carbocycles. The Kier molecular flexibility index (Phi) is 7.19. The Bertz CT molecular complexity index is 1160. The Morgan fingerprint density at radius 1 is 0.514 bits per heavy atom. The largest absolute Gasteiger partial charge is 0.0590 e. The highest BCUT2D eigenvalue weighted by Crippen LogP contribution is 2.43.